The highest BCUT2D eigenvalue weighted by molar-refractivity contribution is 6.33. The summed E-state index contributed by atoms with van der Waals surface area (Å²) < 4.78 is 1.69. The number of nitrogens with zero attached hydrogens (tertiary/aromatic N) is 4. The van der Waals surface area contributed by atoms with Crippen molar-refractivity contribution in [3.05, 3.63) is 46.5 Å². The molecule has 3 aromatic rings. The number of benzene rings is 1. The molecule has 2 aromatic heterocycles. The van der Waals surface area contributed by atoms with Crippen LogP contribution in [0.3, 0.4) is 0 Å². The molecule has 0 amide bonds. The van der Waals surface area contributed by atoms with Crippen molar-refractivity contribution < 1.29 is 0 Å². The van der Waals surface area contributed by atoms with Gasteiger partial charge in [-0.3, -0.25) is 0 Å². The molecular weight excluding hydrogens is 271 g/mol. The van der Waals surface area contributed by atoms with Crippen LogP contribution >= 0.6 is 23.2 Å². The molecule has 0 aliphatic heterocycles. The summed E-state index contributed by atoms with van der Waals surface area (Å²) in [7, 11) is 0. The lowest BCUT2D eigenvalue weighted by Gasteiger charge is -2.05. The van der Waals surface area contributed by atoms with E-state index in [-0.39, 0.29) is 0 Å². The van der Waals surface area contributed by atoms with Crippen LogP contribution in [0.25, 0.3) is 16.7 Å². The highest BCUT2D eigenvalue weighted by atomic mass is 35.5. The maximum Gasteiger partial charge on any atom is 0.167 e. The van der Waals surface area contributed by atoms with Gasteiger partial charge >= 0.3 is 0 Å². The molecule has 6 heteroatoms. The van der Waals surface area contributed by atoms with Gasteiger partial charge in [-0.2, -0.15) is 5.10 Å². The molecule has 0 spiro atoms. The minimum atomic E-state index is 0.393. The Hall–Kier alpha value is -1.65. The molecule has 0 saturated heterocycles. The van der Waals surface area contributed by atoms with Gasteiger partial charge in [0.2, 0.25) is 0 Å². The fraction of sp³-hybridized carbons (Fsp3) is 0.0833. The average Bonchev–Trinajstić information content (AvgIpc) is 2.78. The van der Waals surface area contributed by atoms with E-state index in [0.29, 0.717) is 15.8 Å². The molecule has 0 N–H and O–H groups in total. The van der Waals surface area contributed by atoms with Gasteiger partial charge in [-0.05, 0) is 24.6 Å². The number of aryl methyl sites for hydroxylation is 1. The first kappa shape index (κ1) is 11.4. The number of halogens is 2. The van der Waals surface area contributed by atoms with Gasteiger partial charge in [0.05, 0.1) is 17.3 Å². The lowest BCUT2D eigenvalue weighted by Crippen LogP contribution is -1.98. The van der Waals surface area contributed by atoms with E-state index in [1.807, 2.05) is 25.1 Å². The molecule has 0 aliphatic carbocycles. The van der Waals surface area contributed by atoms with E-state index < -0.39 is 0 Å². The zero-order chi connectivity index (χ0) is 12.7. The van der Waals surface area contributed by atoms with Crippen molar-refractivity contribution >= 4 is 34.2 Å². The summed E-state index contributed by atoms with van der Waals surface area (Å²) in [4.78, 5) is 8.11. The molecule has 3 rings (SSSR count). The third-order valence-corrected chi connectivity index (χ3v) is 3.43. The number of hydrogen-bond donors (Lipinski definition) is 0. The van der Waals surface area contributed by atoms with E-state index in [1.54, 1.807) is 10.9 Å². The Bertz CT molecular complexity index is 736. The van der Waals surface area contributed by atoms with Gasteiger partial charge in [-0.15, -0.1) is 0 Å². The Morgan fingerprint density at radius 1 is 1.17 bits per heavy atom. The summed E-state index contributed by atoms with van der Waals surface area (Å²) in [5.74, 6) is 0. The standard InChI is InChI=1S/C12H8Cl2N4/c1-7-2-3-8(4-10(7)13)18-12-9(5-17-18)11(14)15-6-16-12/h2-6H,1H3. The van der Waals surface area contributed by atoms with Gasteiger partial charge in [0, 0.05) is 5.02 Å². The molecule has 90 valence electrons. The maximum absolute atomic E-state index is 6.11. The van der Waals surface area contributed by atoms with Crippen molar-refractivity contribution in [3.8, 4) is 5.69 Å². The molecule has 1 aromatic carbocycles. The van der Waals surface area contributed by atoms with Crippen molar-refractivity contribution in [2.75, 3.05) is 0 Å². The zero-order valence-electron chi connectivity index (χ0n) is 9.43. The number of rotatable bonds is 1. The van der Waals surface area contributed by atoms with E-state index >= 15 is 0 Å². The van der Waals surface area contributed by atoms with Gasteiger partial charge < -0.3 is 0 Å². The van der Waals surface area contributed by atoms with Gasteiger partial charge in [0.15, 0.2) is 5.65 Å². The summed E-state index contributed by atoms with van der Waals surface area (Å²) in [6.07, 6.45) is 3.06. The van der Waals surface area contributed by atoms with Crippen LogP contribution in [0.2, 0.25) is 10.2 Å². The summed E-state index contributed by atoms with van der Waals surface area (Å²) >= 11 is 12.1. The van der Waals surface area contributed by atoms with Crippen molar-refractivity contribution in [3.63, 3.8) is 0 Å². The summed E-state index contributed by atoms with van der Waals surface area (Å²) in [5.41, 5.74) is 2.52. The quantitative estimate of drug-likeness (QED) is 0.641. The first-order valence-corrected chi connectivity index (χ1v) is 6.03. The first-order chi connectivity index (χ1) is 8.66. The molecule has 0 unspecified atom stereocenters. The van der Waals surface area contributed by atoms with E-state index in [9.17, 15) is 0 Å². The smallest absolute Gasteiger partial charge is 0.167 e. The van der Waals surface area contributed by atoms with Crippen LogP contribution in [0, 0.1) is 6.92 Å². The Balaban J connectivity index is 2.25. The lowest BCUT2D eigenvalue weighted by atomic mass is 10.2. The van der Waals surface area contributed by atoms with E-state index in [1.165, 1.54) is 6.33 Å². The fourth-order valence-corrected chi connectivity index (χ4v) is 2.07. The highest BCUT2D eigenvalue weighted by Gasteiger charge is 2.10. The van der Waals surface area contributed by atoms with Gasteiger partial charge in [0.25, 0.3) is 0 Å². The predicted molar refractivity (Wildman–Crippen MR) is 71.4 cm³/mol. The summed E-state index contributed by atoms with van der Waals surface area (Å²) in [6.45, 7) is 1.95. The third kappa shape index (κ3) is 1.74. The van der Waals surface area contributed by atoms with Gasteiger partial charge in [0.1, 0.15) is 11.5 Å². The van der Waals surface area contributed by atoms with Crippen LogP contribution in [-0.2, 0) is 0 Å². The predicted octanol–water partition coefficient (Wildman–Crippen LogP) is 3.43. The topological polar surface area (TPSA) is 43.6 Å². The van der Waals surface area contributed by atoms with Crippen LogP contribution in [0.5, 0.6) is 0 Å². The molecule has 0 fully saturated rings. The zero-order valence-corrected chi connectivity index (χ0v) is 10.9. The van der Waals surface area contributed by atoms with Crippen LogP contribution < -0.4 is 0 Å². The average molecular weight is 279 g/mol. The second-order valence-corrected chi connectivity index (χ2v) is 4.66. The molecule has 0 atom stereocenters. The van der Waals surface area contributed by atoms with E-state index in [4.69, 9.17) is 23.2 Å². The molecular formula is C12H8Cl2N4. The molecule has 0 radical (unpaired) electrons. The molecule has 0 aliphatic rings. The number of fused-ring (bicyclic) bond motifs is 1. The van der Waals surface area contributed by atoms with Gasteiger partial charge in [-0.1, -0.05) is 29.3 Å². The third-order valence-electron chi connectivity index (χ3n) is 2.72. The Labute approximate surface area is 113 Å². The molecule has 4 nitrogen and oxygen atoms in total. The van der Waals surface area contributed by atoms with Crippen LogP contribution in [0.4, 0.5) is 0 Å². The SMILES string of the molecule is Cc1ccc(-n2ncc3c(Cl)ncnc32)cc1Cl. The molecule has 2 heterocycles. The molecule has 0 bridgehead atoms. The normalized spacial score (nSPS) is 11.1. The van der Waals surface area contributed by atoms with Gasteiger partial charge in [-0.25, -0.2) is 14.6 Å². The van der Waals surface area contributed by atoms with E-state index in [2.05, 4.69) is 15.1 Å². The highest BCUT2D eigenvalue weighted by Crippen LogP contribution is 2.24. The van der Waals surface area contributed by atoms with Crippen LogP contribution in [0.15, 0.2) is 30.7 Å². The Kier molecular flexibility index (Phi) is 2.69. The Morgan fingerprint density at radius 3 is 2.78 bits per heavy atom. The number of hydrogen-bond acceptors (Lipinski definition) is 3. The second kappa shape index (κ2) is 4.23. The minimum Gasteiger partial charge on any atom is -0.224 e. The largest absolute Gasteiger partial charge is 0.224 e. The summed E-state index contributed by atoms with van der Waals surface area (Å²) in [6, 6.07) is 5.72. The fourth-order valence-electron chi connectivity index (χ4n) is 1.72. The number of aromatic nitrogens is 4. The van der Waals surface area contributed by atoms with Crippen LogP contribution in [0.1, 0.15) is 5.56 Å². The second-order valence-electron chi connectivity index (χ2n) is 3.89. The monoisotopic (exact) mass is 278 g/mol. The van der Waals surface area contributed by atoms with Crippen molar-refractivity contribution in [1.29, 1.82) is 0 Å². The van der Waals surface area contributed by atoms with Crippen LogP contribution in [-0.4, -0.2) is 19.7 Å². The Morgan fingerprint density at radius 2 is 2.00 bits per heavy atom. The maximum atomic E-state index is 6.11. The minimum absolute atomic E-state index is 0.393. The lowest BCUT2D eigenvalue weighted by molar-refractivity contribution is 0.894. The van der Waals surface area contributed by atoms with Crippen molar-refractivity contribution in [2.24, 2.45) is 0 Å². The molecule has 0 saturated carbocycles. The summed E-state index contributed by atoms with van der Waals surface area (Å²) in [5, 5.41) is 6.07. The van der Waals surface area contributed by atoms with Crippen molar-refractivity contribution in [1.82, 2.24) is 19.7 Å². The van der Waals surface area contributed by atoms with E-state index in [0.717, 1.165) is 16.6 Å². The van der Waals surface area contributed by atoms with Crippen molar-refractivity contribution in [2.45, 2.75) is 6.92 Å². The first-order valence-electron chi connectivity index (χ1n) is 5.27. The molecule has 18 heavy (non-hydrogen) atoms.